The Morgan fingerprint density at radius 1 is 1.33 bits per heavy atom. The summed E-state index contributed by atoms with van der Waals surface area (Å²) in [7, 11) is 2.05. The quantitative estimate of drug-likeness (QED) is 0.820. The molecule has 1 aromatic carbocycles. The average molecular weight is 314 g/mol. The van der Waals surface area contributed by atoms with E-state index in [0.717, 1.165) is 16.5 Å². The SMILES string of the molecule is CNC1CCCCC(Cc2cc(F)ccc2Br)C1. The summed E-state index contributed by atoms with van der Waals surface area (Å²) < 4.78 is 14.3. The highest BCUT2D eigenvalue weighted by Crippen LogP contribution is 2.29. The predicted molar refractivity (Wildman–Crippen MR) is 77.2 cm³/mol. The zero-order valence-electron chi connectivity index (χ0n) is 10.9. The molecule has 18 heavy (non-hydrogen) atoms. The number of hydrogen-bond donors (Lipinski definition) is 1. The molecule has 0 bridgehead atoms. The first kappa shape index (κ1) is 14.0. The molecule has 1 aliphatic carbocycles. The highest BCUT2D eigenvalue weighted by atomic mass is 79.9. The van der Waals surface area contributed by atoms with Gasteiger partial charge < -0.3 is 5.32 Å². The number of halogens is 2. The summed E-state index contributed by atoms with van der Waals surface area (Å²) in [6, 6.07) is 5.63. The summed E-state index contributed by atoms with van der Waals surface area (Å²) in [4.78, 5) is 0. The van der Waals surface area contributed by atoms with Gasteiger partial charge in [0.2, 0.25) is 0 Å². The smallest absolute Gasteiger partial charge is 0.123 e. The number of hydrogen-bond acceptors (Lipinski definition) is 1. The van der Waals surface area contributed by atoms with E-state index in [1.54, 1.807) is 6.07 Å². The molecule has 3 heteroatoms. The summed E-state index contributed by atoms with van der Waals surface area (Å²) in [6.07, 6.45) is 7.34. The Morgan fingerprint density at radius 2 is 2.11 bits per heavy atom. The minimum absolute atomic E-state index is 0.132. The van der Waals surface area contributed by atoms with E-state index in [4.69, 9.17) is 0 Å². The van der Waals surface area contributed by atoms with Gasteiger partial charge in [-0.25, -0.2) is 4.39 Å². The van der Waals surface area contributed by atoms with Gasteiger partial charge in [-0.15, -0.1) is 0 Å². The number of rotatable bonds is 3. The second-order valence-electron chi connectivity index (χ2n) is 5.31. The summed E-state index contributed by atoms with van der Waals surface area (Å²) in [5, 5.41) is 3.40. The Labute approximate surface area is 117 Å². The third kappa shape index (κ3) is 3.79. The fraction of sp³-hybridized carbons (Fsp3) is 0.600. The Morgan fingerprint density at radius 3 is 2.89 bits per heavy atom. The van der Waals surface area contributed by atoms with E-state index in [2.05, 4.69) is 21.2 Å². The molecule has 2 rings (SSSR count). The minimum Gasteiger partial charge on any atom is -0.317 e. The van der Waals surface area contributed by atoms with E-state index in [0.29, 0.717) is 12.0 Å². The first-order valence-electron chi connectivity index (χ1n) is 6.80. The molecule has 0 aliphatic heterocycles. The van der Waals surface area contributed by atoms with Gasteiger partial charge in [0.25, 0.3) is 0 Å². The molecule has 2 atom stereocenters. The van der Waals surface area contributed by atoms with Gasteiger partial charge in [0.15, 0.2) is 0 Å². The van der Waals surface area contributed by atoms with Crippen molar-refractivity contribution in [3.8, 4) is 0 Å². The lowest BCUT2D eigenvalue weighted by molar-refractivity contribution is 0.399. The standard InChI is InChI=1S/C15H21BrFN/c1-18-14-5-3-2-4-11(9-14)8-12-10-13(17)6-7-15(12)16/h6-7,10-11,14,18H,2-5,8-9H2,1H3. The van der Waals surface area contributed by atoms with Crippen molar-refractivity contribution in [3.63, 3.8) is 0 Å². The van der Waals surface area contributed by atoms with E-state index in [9.17, 15) is 4.39 Å². The second kappa shape index (κ2) is 6.67. The molecule has 0 aromatic heterocycles. The molecule has 1 N–H and O–H groups in total. The van der Waals surface area contributed by atoms with Crippen LogP contribution >= 0.6 is 15.9 Å². The minimum atomic E-state index is -0.132. The Bertz CT molecular complexity index is 394. The Hall–Kier alpha value is -0.410. The number of nitrogens with one attached hydrogen (secondary N) is 1. The van der Waals surface area contributed by atoms with Crippen LogP contribution in [0.4, 0.5) is 4.39 Å². The van der Waals surface area contributed by atoms with Crippen LogP contribution in [0, 0.1) is 11.7 Å². The zero-order valence-corrected chi connectivity index (χ0v) is 12.5. The van der Waals surface area contributed by atoms with Gasteiger partial charge >= 0.3 is 0 Å². The van der Waals surface area contributed by atoms with Gasteiger partial charge in [0.1, 0.15) is 5.82 Å². The van der Waals surface area contributed by atoms with Gasteiger partial charge in [0, 0.05) is 10.5 Å². The highest BCUT2D eigenvalue weighted by molar-refractivity contribution is 9.10. The molecule has 1 fully saturated rings. The molecular weight excluding hydrogens is 293 g/mol. The van der Waals surface area contributed by atoms with E-state index >= 15 is 0 Å². The van der Waals surface area contributed by atoms with Crippen LogP contribution in [0.25, 0.3) is 0 Å². The molecule has 0 amide bonds. The maximum atomic E-state index is 13.3. The lowest BCUT2D eigenvalue weighted by Crippen LogP contribution is -2.26. The molecule has 1 nitrogen and oxygen atoms in total. The summed E-state index contributed by atoms with van der Waals surface area (Å²) in [6.45, 7) is 0. The number of benzene rings is 1. The molecule has 0 spiro atoms. The third-order valence-corrected chi connectivity index (χ3v) is 4.73. The largest absolute Gasteiger partial charge is 0.317 e. The van der Waals surface area contributed by atoms with Gasteiger partial charge in [-0.3, -0.25) is 0 Å². The summed E-state index contributed by atoms with van der Waals surface area (Å²) in [5.41, 5.74) is 1.11. The van der Waals surface area contributed by atoms with Crippen molar-refractivity contribution in [1.29, 1.82) is 0 Å². The Kier molecular flexibility index (Phi) is 5.19. The molecule has 1 aliphatic rings. The van der Waals surface area contributed by atoms with Crippen molar-refractivity contribution in [2.24, 2.45) is 5.92 Å². The maximum Gasteiger partial charge on any atom is 0.123 e. The molecule has 1 saturated carbocycles. The van der Waals surface area contributed by atoms with E-state index in [1.807, 2.05) is 13.1 Å². The Balaban J connectivity index is 2.04. The van der Waals surface area contributed by atoms with Gasteiger partial charge in [-0.2, -0.15) is 0 Å². The molecule has 1 aromatic rings. The predicted octanol–water partition coefficient (Wildman–Crippen LogP) is 4.30. The van der Waals surface area contributed by atoms with Crippen molar-refractivity contribution < 1.29 is 4.39 Å². The first-order valence-corrected chi connectivity index (χ1v) is 7.59. The van der Waals surface area contributed by atoms with E-state index in [-0.39, 0.29) is 5.82 Å². The topological polar surface area (TPSA) is 12.0 Å². The van der Waals surface area contributed by atoms with Crippen LogP contribution < -0.4 is 5.32 Å². The van der Waals surface area contributed by atoms with Crippen LogP contribution in [-0.2, 0) is 6.42 Å². The van der Waals surface area contributed by atoms with Crippen LogP contribution in [0.15, 0.2) is 22.7 Å². The fourth-order valence-electron chi connectivity index (χ4n) is 2.92. The lowest BCUT2D eigenvalue weighted by atomic mass is 9.91. The maximum absolute atomic E-state index is 13.3. The van der Waals surface area contributed by atoms with E-state index in [1.165, 1.54) is 38.2 Å². The van der Waals surface area contributed by atoms with E-state index < -0.39 is 0 Å². The summed E-state index contributed by atoms with van der Waals surface area (Å²) in [5.74, 6) is 0.537. The van der Waals surface area contributed by atoms with Crippen LogP contribution in [-0.4, -0.2) is 13.1 Å². The monoisotopic (exact) mass is 313 g/mol. The molecular formula is C15H21BrFN. The molecule has 0 radical (unpaired) electrons. The van der Waals surface area contributed by atoms with Gasteiger partial charge in [0.05, 0.1) is 0 Å². The fourth-order valence-corrected chi connectivity index (χ4v) is 3.33. The third-order valence-electron chi connectivity index (χ3n) is 3.96. The van der Waals surface area contributed by atoms with Crippen molar-refractivity contribution in [2.75, 3.05) is 7.05 Å². The lowest BCUT2D eigenvalue weighted by Gasteiger charge is -2.20. The molecule has 0 saturated heterocycles. The highest BCUT2D eigenvalue weighted by Gasteiger charge is 2.20. The van der Waals surface area contributed by atoms with Crippen LogP contribution in [0.5, 0.6) is 0 Å². The van der Waals surface area contributed by atoms with Crippen molar-refractivity contribution >= 4 is 15.9 Å². The van der Waals surface area contributed by atoms with Gasteiger partial charge in [-0.05, 0) is 56.0 Å². The molecule has 100 valence electrons. The van der Waals surface area contributed by atoms with Crippen molar-refractivity contribution in [2.45, 2.75) is 44.6 Å². The van der Waals surface area contributed by atoms with Crippen LogP contribution in [0.3, 0.4) is 0 Å². The molecule has 2 unspecified atom stereocenters. The average Bonchev–Trinajstić information content (AvgIpc) is 2.59. The van der Waals surface area contributed by atoms with Crippen LogP contribution in [0.2, 0.25) is 0 Å². The van der Waals surface area contributed by atoms with Crippen LogP contribution in [0.1, 0.15) is 37.7 Å². The zero-order chi connectivity index (χ0) is 13.0. The molecule has 0 heterocycles. The first-order chi connectivity index (χ1) is 8.69. The van der Waals surface area contributed by atoms with Gasteiger partial charge in [-0.1, -0.05) is 35.2 Å². The normalized spacial score (nSPS) is 24.8. The van der Waals surface area contributed by atoms with Crippen molar-refractivity contribution in [3.05, 3.63) is 34.1 Å². The second-order valence-corrected chi connectivity index (χ2v) is 6.17. The summed E-state index contributed by atoms with van der Waals surface area (Å²) >= 11 is 3.53. The van der Waals surface area contributed by atoms with Crippen molar-refractivity contribution in [1.82, 2.24) is 5.32 Å².